The van der Waals surface area contributed by atoms with Crippen LogP contribution in [0.5, 0.6) is 0 Å². The summed E-state index contributed by atoms with van der Waals surface area (Å²) in [5, 5.41) is 3.19. The van der Waals surface area contributed by atoms with Crippen molar-refractivity contribution in [1.82, 2.24) is 10.0 Å². The standard InChI is InChI=1S/C14H19ClN2O3S/c1-3-21(19,20)17-9-8-16-14(18)10-11(2)12-6-4-5-7-13(12)15/h4-7,10,17H,3,8-9H2,1-2H3,(H,16,18)/b11-10-. The van der Waals surface area contributed by atoms with Crippen molar-refractivity contribution in [2.24, 2.45) is 0 Å². The molecule has 0 heterocycles. The van der Waals surface area contributed by atoms with Gasteiger partial charge in [0.1, 0.15) is 0 Å². The predicted molar refractivity (Wildman–Crippen MR) is 85.6 cm³/mol. The molecule has 1 amide bonds. The van der Waals surface area contributed by atoms with Gasteiger partial charge in [-0.25, -0.2) is 13.1 Å². The van der Waals surface area contributed by atoms with Gasteiger partial charge in [0.05, 0.1) is 5.75 Å². The molecule has 0 aliphatic carbocycles. The second kappa shape index (κ2) is 8.17. The van der Waals surface area contributed by atoms with E-state index >= 15 is 0 Å². The molecule has 0 saturated carbocycles. The van der Waals surface area contributed by atoms with Gasteiger partial charge in [-0.1, -0.05) is 29.8 Å². The largest absolute Gasteiger partial charge is 0.351 e. The average Bonchev–Trinajstić information content (AvgIpc) is 2.44. The molecule has 0 fully saturated rings. The summed E-state index contributed by atoms with van der Waals surface area (Å²) in [5.41, 5.74) is 1.54. The Labute approximate surface area is 130 Å². The molecule has 0 spiro atoms. The molecule has 0 aliphatic rings. The lowest BCUT2D eigenvalue weighted by molar-refractivity contribution is -0.116. The first kappa shape index (κ1) is 17.7. The maximum Gasteiger partial charge on any atom is 0.244 e. The molecule has 0 aromatic heterocycles. The number of sulfonamides is 1. The van der Waals surface area contributed by atoms with Gasteiger partial charge in [-0.05, 0) is 31.1 Å². The summed E-state index contributed by atoms with van der Waals surface area (Å²) in [6, 6.07) is 7.25. The highest BCUT2D eigenvalue weighted by Gasteiger charge is 2.06. The Morgan fingerprint density at radius 3 is 2.57 bits per heavy atom. The Hall–Kier alpha value is -1.37. The van der Waals surface area contributed by atoms with Crippen LogP contribution in [0.3, 0.4) is 0 Å². The van der Waals surface area contributed by atoms with Crippen LogP contribution < -0.4 is 10.0 Å². The summed E-state index contributed by atoms with van der Waals surface area (Å²) in [5.74, 6) is -0.268. The van der Waals surface area contributed by atoms with E-state index in [-0.39, 0.29) is 24.7 Å². The van der Waals surface area contributed by atoms with Crippen molar-refractivity contribution in [3.63, 3.8) is 0 Å². The molecule has 0 atom stereocenters. The molecule has 5 nitrogen and oxygen atoms in total. The molecule has 1 rings (SSSR count). The highest BCUT2D eigenvalue weighted by atomic mass is 35.5. The highest BCUT2D eigenvalue weighted by molar-refractivity contribution is 7.89. The van der Waals surface area contributed by atoms with Crippen LogP contribution in [-0.2, 0) is 14.8 Å². The normalized spacial score (nSPS) is 12.2. The first-order valence-corrected chi connectivity index (χ1v) is 8.57. The smallest absolute Gasteiger partial charge is 0.244 e. The van der Waals surface area contributed by atoms with Gasteiger partial charge < -0.3 is 5.32 Å². The van der Waals surface area contributed by atoms with E-state index in [0.29, 0.717) is 5.02 Å². The van der Waals surface area contributed by atoms with Crippen molar-refractivity contribution in [2.75, 3.05) is 18.8 Å². The summed E-state index contributed by atoms with van der Waals surface area (Å²) in [6.45, 7) is 3.74. The van der Waals surface area contributed by atoms with Gasteiger partial charge in [0.15, 0.2) is 0 Å². The maximum atomic E-state index is 11.7. The molecule has 0 unspecified atom stereocenters. The molecule has 21 heavy (non-hydrogen) atoms. The third-order valence-corrected chi connectivity index (χ3v) is 4.51. The Morgan fingerprint density at radius 1 is 1.29 bits per heavy atom. The molecule has 0 radical (unpaired) electrons. The number of nitrogens with one attached hydrogen (secondary N) is 2. The fourth-order valence-corrected chi connectivity index (χ4v) is 2.50. The number of carbonyl (C=O) groups is 1. The van der Waals surface area contributed by atoms with Gasteiger partial charge in [-0.3, -0.25) is 4.79 Å². The van der Waals surface area contributed by atoms with Crippen molar-refractivity contribution in [3.8, 4) is 0 Å². The Kier molecular flexibility index (Phi) is 6.87. The number of carbonyl (C=O) groups excluding carboxylic acids is 1. The van der Waals surface area contributed by atoms with Crippen molar-refractivity contribution in [1.29, 1.82) is 0 Å². The van der Waals surface area contributed by atoms with Crippen LogP contribution in [0.4, 0.5) is 0 Å². The van der Waals surface area contributed by atoms with Gasteiger partial charge >= 0.3 is 0 Å². The predicted octanol–water partition coefficient (Wildman–Crippen LogP) is 1.80. The Balaban J connectivity index is 2.50. The van der Waals surface area contributed by atoms with Crippen LogP contribution in [0.2, 0.25) is 5.02 Å². The molecule has 0 bridgehead atoms. The minimum absolute atomic E-state index is 0.0203. The van der Waals surface area contributed by atoms with Crippen LogP contribution in [-0.4, -0.2) is 33.2 Å². The fourth-order valence-electron chi connectivity index (χ4n) is 1.60. The molecule has 1 aromatic carbocycles. The van der Waals surface area contributed by atoms with E-state index in [0.717, 1.165) is 11.1 Å². The zero-order valence-corrected chi connectivity index (χ0v) is 13.6. The van der Waals surface area contributed by atoms with Crippen molar-refractivity contribution in [2.45, 2.75) is 13.8 Å². The lowest BCUT2D eigenvalue weighted by atomic mass is 10.1. The number of hydrogen-bond donors (Lipinski definition) is 2. The maximum absolute atomic E-state index is 11.7. The van der Waals surface area contributed by atoms with E-state index < -0.39 is 10.0 Å². The molecule has 0 aliphatic heterocycles. The average molecular weight is 331 g/mol. The molecular formula is C14H19ClN2O3S. The van der Waals surface area contributed by atoms with Gasteiger partial charge in [0, 0.05) is 24.2 Å². The SMILES string of the molecule is CCS(=O)(=O)NCCNC(=O)/C=C(/C)c1ccccc1Cl. The number of benzene rings is 1. The number of rotatable bonds is 7. The van der Waals surface area contributed by atoms with E-state index in [9.17, 15) is 13.2 Å². The summed E-state index contributed by atoms with van der Waals surface area (Å²) < 4.78 is 24.8. The van der Waals surface area contributed by atoms with Crippen LogP contribution in [0.1, 0.15) is 19.4 Å². The summed E-state index contributed by atoms with van der Waals surface area (Å²) in [4.78, 5) is 11.7. The van der Waals surface area contributed by atoms with Crippen LogP contribution in [0.15, 0.2) is 30.3 Å². The highest BCUT2D eigenvalue weighted by Crippen LogP contribution is 2.22. The Morgan fingerprint density at radius 2 is 1.95 bits per heavy atom. The van der Waals surface area contributed by atoms with Crippen molar-refractivity contribution >= 4 is 33.1 Å². The van der Waals surface area contributed by atoms with Crippen LogP contribution in [0.25, 0.3) is 5.57 Å². The van der Waals surface area contributed by atoms with Crippen molar-refractivity contribution < 1.29 is 13.2 Å². The van der Waals surface area contributed by atoms with Crippen molar-refractivity contribution in [3.05, 3.63) is 40.9 Å². The summed E-state index contributed by atoms with van der Waals surface area (Å²) in [7, 11) is -3.22. The van der Waals surface area contributed by atoms with E-state index in [1.807, 2.05) is 18.2 Å². The van der Waals surface area contributed by atoms with Gasteiger partial charge in [-0.15, -0.1) is 0 Å². The van der Waals surface area contributed by atoms with Crippen LogP contribution in [0, 0.1) is 0 Å². The molecule has 7 heteroatoms. The summed E-state index contributed by atoms with van der Waals surface area (Å²) in [6.07, 6.45) is 1.44. The second-order valence-corrected chi connectivity index (χ2v) is 6.90. The zero-order chi connectivity index (χ0) is 15.9. The lowest BCUT2D eigenvalue weighted by Gasteiger charge is -2.06. The van der Waals surface area contributed by atoms with Crippen LogP contribution >= 0.6 is 11.6 Å². The third kappa shape index (κ3) is 6.29. The fraction of sp³-hybridized carbons (Fsp3) is 0.357. The molecule has 1 aromatic rings. The van der Waals surface area contributed by atoms with E-state index in [1.165, 1.54) is 6.08 Å². The van der Waals surface area contributed by atoms with Gasteiger partial charge in [-0.2, -0.15) is 0 Å². The van der Waals surface area contributed by atoms with E-state index in [1.54, 1.807) is 19.9 Å². The molecule has 0 saturated heterocycles. The Bertz CT molecular complexity index is 627. The van der Waals surface area contributed by atoms with E-state index in [2.05, 4.69) is 10.0 Å². The lowest BCUT2D eigenvalue weighted by Crippen LogP contribution is -2.34. The minimum atomic E-state index is -3.22. The second-order valence-electron chi connectivity index (χ2n) is 4.40. The number of hydrogen-bond acceptors (Lipinski definition) is 3. The topological polar surface area (TPSA) is 75.3 Å². The quantitative estimate of drug-likeness (QED) is 0.591. The third-order valence-electron chi connectivity index (χ3n) is 2.77. The zero-order valence-electron chi connectivity index (χ0n) is 12.0. The number of halogens is 1. The first-order chi connectivity index (χ1) is 9.85. The van der Waals surface area contributed by atoms with E-state index in [4.69, 9.17) is 11.6 Å². The number of amides is 1. The molecular weight excluding hydrogens is 312 g/mol. The minimum Gasteiger partial charge on any atom is -0.351 e. The summed E-state index contributed by atoms with van der Waals surface area (Å²) >= 11 is 6.05. The van der Waals surface area contributed by atoms with Gasteiger partial charge in [0.25, 0.3) is 0 Å². The van der Waals surface area contributed by atoms with Gasteiger partial charge in [0.2, 0.25) is 15.9 Å². The molecule has 116 valence electrons. The molecule has 2 N–H and O–H groups in total. The number of allylic oxidation sites excluding steroid dienone is 1. The first-order valence-electron chi connectivity index (χ1n) is 6.54. The monoisotopic (exact) mass is 330 g/mol.